The molecule has 8 heteroatoms. The zero-order valence-corrected chi connectivity index (χ0v) is 8.00. The second-order valence-electron chi connectivity index (χ2n) is 2.75. The molecule has 0 aromatic carbocycles. The van der Waals surface area contributed by atoms with Gasteiger partial charge in [-0.2, -0.15) is 0 Å². The highest BCUT2D eigenvalue weighted by Gasteiger charge is 2.59. The van der Waals surface area contributed by atoms with Crippen LogP contribution in [0.4, 0.5) is 9.18 Å². The zero-order chi connectivity index (χ0) is 11.6. The smallest absolute Gasteiger partial charge is 0.358 e. The lowest BCUT2D eigenvalue weighted by Gasteiger charge is -2.32. The van der Waals surface area contributed by atoms with E-state index in [0.29, 0.717) is 0 Å². The molecule has 84 valence electrons. The molecule has 0 aromatic heterocycles. The van der Waals surface area contributed by atoms with Crippen molar-refractivity contribution < 1.29 is 28.2 Å². The van der Waals surface area contributed by atoms with E-state index < -0.39 is 29.8 Å². The van der Waals surface area contributed by atoms with Crippen molar-refractivity contribution >= 4 is 17.9 Å². The molecule has 15 heavy (non-hydrogen) atoms. The Morgan fingerprint density at radius 2 is 2.07 bits per heavy atom. The molecule has 0 spiro atoms. The van der Waals surface area contributed by atoms with Crippen molar-refractivity contribution in [1.29, 1.82) is 0 Å². The Hall–Kier alpha value is -1.70. The second-order valence-corrected chi connectivity index (χ2v) is 2.75. The van der Waals surface area contributed by atoms with E-state index in [1.54, 1.807) is 5.32 Å². The van der Waals surface area contributed by atoms with Crippen LogP contribution in [0.3, 0.4) is 0 Å². The first-order valence-corrected chi connectivity index (χ1v) is 3.89. The topological polar surface area (TPSA) is 93.7 Å². The van der Waals surface area contributed by atoms with Crippen LogP contribution in [0.15, 0.2) is 0 Å². The van der Waals surface area contributed by atoms with E-state index in [1.165, 1.54) is 0 Å². The Balaban J connectivity index is 3.06. The first-order chi connectivity index (χ1) is 6.96. The molecule has 1 saturated heterocycles. The molecule has 1 aliphatic rings. The largest absolute Gasteiger partial charge is 0.466 e. The van der Waals surface area contributed by atoms with Gasteiger partial charge in [-0.15, -0.1) is 0 Å². The first-order valence-electron chi connectivity index (χ1n) is 3.89. The number of urea groups is 1. The minimum atomic E-state index is -3.07. The van der Waals surface area contributed by atoms with Gasteiger partial charge in [0.05, 0.1) is 7.11 Å². The number of hydrogen-bond donors (Lipinski definition) is 2. The third-order valence-corrected chi connectivity index (χ3v) is 1.90. The number of rotatable bonds is 2. The summed E-state index contributed by atoms with van der Waals surface area (Å²) in [6.07, 6.45) is -1.70. The zero-order valence-electron chi connectivity index (χ0n) is 8.00. The van der Waals surface area contributed by atoms with Crippen LogP contribution in [-0.4, -0.2) is 44.0 Å². The van der Waals surface area contributed by atoms with E-state index in [2.05, 4.69) is 9.47 Å². The molecule has 1 heterocycles. The molecule has 1 fully saturated rings. The van der Waals surface area contributed by atoms with Crippen LogP contribution in [0.2, 0.25) is 0 Å². The summed E-state index contributed by atoms with van der Waals surface area (Å²) < 4.78 is 22.6. The van der Waals surface area contributed by atoms with Crippen molar-refractivity contribution in [1.82, 2.24) is 10.6 Å². The standard InChI is InChI=1S/C7H9FN2O5/c1-14-4-7(8,5(12)15-2)3(11)9-6(13)10-4/h4H,1-2H3,(H2,9,10,11,13)/t4-,7-/m0/s1. The summed E-state index contributed by atoms with van der Waals surface area (Å²) in [6, 6.07) is -0.941. The van der Waals surface area contributed by atoms with Gasteiger partial charge in [-0.1, -0.05) is 0 Å². The molecular weight excluding hydrogens is 211 g/mol. The molecule has 3 amide bonds. The first kappa shape index (κ1) is 11.4. The van der Waals surface area contributed by atoms with Gasteiger partial charge in [0.1, 0.15) is 0 Å². The average molecular weight is 220 g/mol. The number of carbonyl (C=O) groups is 3. The summed E-state index contributed by atoms with van der Waals surface area (Å²) in [5, 5.41) is 3.54. The fraction of sp³-hybridized carbons (Fsp3) is 0.571. The minimum Gasteiger partial charge on any atom is -0.466 e. The molecule has 2 N–H and O–H groups in total. The summed E-state index contributed by atoms with van der Waals surface area (Å²) in [7, 11) is 1.96. The quantitative estimate of drug-likeness (QED) is 0.444. The molecule has 0 radical (unpaired) electrons. The van der Waals surface area contributed by atoms with E-state index in [-0.39, 0.29) is 0 Å². The van der Waals surface area contributed by atoms with Crippen LogP contribution in [-0.2, 0) is 19.1 Å². The van der Waals surface area contributed by atoms with Crippen LogP contribution >= 0.6 is 0 Å². The minimum absolute atomic E-state index is 0.917. The van der Waals surface area contributed by atoms with E-state index >= 15 is 0 Å². The number of nitrogens with one attached hydrogen (secondary N) is 2. The fourth-order valence-electron chi connectivity index (χ4n) is 1.14. The van der Waals surface area contributed by atoms with Gasteiger partial charge in [0.25, 0.3) is 5.91 Å². The van der Waals surface area contributed by atoms with Crippen LogP contribution in [0.5, 0.6) is 0 Å². The van der Waals surface area contributed by atoms with Crippen LogP contribution in [0.25, 0.3) is 0 Å². The summed E-state index contributed by atoms with van der Waals surface area (Å²) in [5.41, 5.74) is -3.07. The van der Waals surface area contributed by atoms with Gasteiger partial charge in [0.2, 0.25) is 0 Å². The Morgan fingerprint density at radius 3 is 2.53 bits per heavy atom. The summed E-state index contributed by atoms with van der Waals surface area (Å²) >= 11 is 0. The van der Waals surface area contributed by atoms with Gasteiger partial charge in [0, 0.05) is 7.11 Å². The highest BCUT2D eigenvalue weighted by atomic mass is 19.1. The molecule has 0 aliphatic carbocycles. The Bertz CT molecular complexity index is 321. The molecule has 2 atom stereocenters. The average Bonchev–Trinajstić information content (AvgIpc) is 2.21. The van der Waals surface area contributed by atoms with E-state index in [4.69, 9.17) is 0 Å². The highest BCUT2D eigenvalue weighted by molar-refractivity contribution is 6.13. The molecule has 0 unspecified atom stereocenters. The summed E-state index contributed by atoms with van der Waals surface area (Å²) in [4.78, 5) is 33.1. The number of ether oxygens (including phenoxy) is 2. The lowest BCUT2D eigenvalue weighted by Crippen LogP contribution is -2.70. The molecule has 1 aliphatic heterocycles. The number of methoxy groups -OCH3 is 2. The van der Waals surface area contributed by atoms with Crippen LogP contribution < -0.4 is 10.6 Å². The molecule has 7 nitrogen and oxygen atoms in total. The molecule has 1 rings (SSSR count). The third-order valence-electron chi connectivity index (χ3n) is 1.90. The van der Waals surface area contributed by atoms with Gasteiger partial charge in [-0.25, -0.2) is 14.0 Å². The van der Waals surface area contributed by atoms with Crippen molar-refractivity contribution in [3.8, 4) is 0 Å². The monoisotopic (exact) mass is 220 g/mol. The third kappa shape index (κ3) is 1.63. The van der Waals surface area contributed by atoms with Gasteiger partial charge in [-0.05, 0) is 0 Å². The lowest BCUT2D eigenvalue weighted by molar-refractivity contribution is -0.174. The maximum atomic E-state index is 14.0. The van der Waals surface area contributed by atoms with Crippen molar-refractivity contribution in [2.24, 2.45) is 0 Å². The maximum absolute atomic E-state index is 14.0. The van der Waals surface area contributed by atoms with Gasteiger partial charge < -0.3 is 14.8 Å². The number of hydrogen-bond acceptors (Lipinski definition) is 5. The van der Waals surface area contributed by atoms with Gasteiger partial charge in [0.15, 0.2) is 6.23 Å². The normalized spacial score (nSPS) is 30.5. The Kier molecular flexibility index (Phi) is 2.89. The van der Waals surface area contributed by atoms with Crippen molar-refractivity contribution in [3.63, 3.8) is 0 Å². The van der Waals surface area contributed by atoms with Gasteiger partial charge >= 0.3 is 17.7 Å². The SMILES string of the molecule is COC(=O)[C@]1(F)C(=O)NC(=O)N[C@H]1OC. The number of alkyl halides is 1. The fourth-order valence-corrected chi connectivity index (χ4v) is 1.14. The van der Waals surface area contributed by atoms with Crippen molar-refractivity contribution in [2.45, 2.75) is 11.9 Å². The highest BCUT2D eigenvalue weighted by Crippen LogP contribution is 2.22. The number of imide groups is 1. The lowest BCUT2D eigenvalue weighted by atomic mass is 10.0. The predicted molar refractivity (Wildman–Crippen MR) is 43.3 cm³/mol. The molecule has 0 aromatic rings. The maximum Gasteiger partial charge on any atom is 0.358 e. The summed E-state index contributed by atoms with van der Waals surface area (Å²) in [6.45, 7) is 0. The van der Waals surface area contributed by atoms with E-state index in [9.17, 15) is 18.8 Å². The second kappa shape index (κ2) is 3.81. The molecular formula is C7H9FN2O5. The Morgan fingerprint density at radius 1 is 1.47 bits per heavy atom. The van der Waals surface area contributed by atoms with E-state index in [1.807, 2.05) is 5.32 Å². The molecule has 0 saturated carbocycles. The van der Waals surface area contributed by atoms with Crippen molar-refractivity contribution in [2.75, 3.05) is 14.2 Å². The Labute approximate surface area is 83.9 Å². The van der Waals surface area contributed by atoms with Crippen molar-refractivity contribution in [3.05, 3.63) is 0 Å². The number of carbonyl (C=O) groups excluding carboxylic acids is 3. The number of esters is 1. The van der Waals surface area contributed by atoms with Crippen LogP contribution in [0, 0.1) is 0 Å². The van der Waals surface area contributed by atoms with Crippen LogP contribution in [0.1, 0.15) is 0 Å². The molecule has 0 bridgehead atoms. The predicted octanol–water partition coefficient (Wildman–Crippen LogP) is -1.32. The number of amides is 3. The van der Waals surface area contributed by atoms with Gasteiger partial charge in [-0.3, -0.25) is 10.1 Å². The summed E-state index contributed by atoms with van der Waals surface area (Å²) in [5.74, 6) is -2.85. The number of halogens is 1. The van der Waals surface area contributed by atoms with E-state index in [0.717, 1.165) is 14.2 Å².